The third-order valence-electron chi connectivity index (χ3n) is 5.00. The van der Waals surface area contributed by atoms with E-state index in [1.165, 1.54) is 23.1 Å². The van der Waals surface area contributed by atoms with Crippen LogP contribution in [0.5, 0.6) is 0 Å². The fourth-order valence-electron chi connectivity index (χ4n) is 3.48. The Hall–Kier alpha value is -2.85. The van der Waals surface area contributed by atoms with E-state index in [9.17, 15) is 4.39 Å². The number of benzene rings is 2. The van der Waals surface area contributed by atoms with Crippen LogP contribution in [0.25, 0.3) is 22.2 Å². The number of H-pyrrole nitrogens is 1. The molecule has 146 valence electrons. The molecule has 2 aromatic carbocycles. The second-order valence-electron chi connectivity index (χ2n) is 7.01. The third kappa shape index (κ3) is 4.70. The molecule has 0 bridgehead atoms. The van der Waals surface area contributed by atoms with Gasteiger partial charge in [-0.15, -0.1) is 6.58 Å². The van der Waals surface area contributed by atoms with Crippen molar-refractivity contribution in [2.75, 3.05) is 13.6 Å². The summed E-state index contributed by atoms with van der Waals surface area (Å²) in [4.78, 5) is 3.51. The highest BCUT2D eigenvalue weighted by Gasteiger charge is 2.14. The lowest BCUT2D eigenvalue weighted by atomic mass is 10.00. The number of nitrogens with one attached hydrogen (secondary N) is 3. The van der Waals surface area contributed by atoms with Crippen molar-refractivity contribution in [1.29, 1.82) is 0 Å². The summed E-state index contributed by atoms with van der Waals surface area (Å²) in [7, 11) is 1.95. The van der Waals surface area contributed by atoms with Gasteiger partial charge in [-0.05, 0) is 74.3 Å². The molecule has 0 saturated heterocycles. The van der Waals surface area contributed by atoms with Gasteiger partial charge in [0.2, 0.25) is 0 Å². The molecule has 0 radical (unpaired) electrons. The smallest absolute Gasteiger partial charge is 0.123 e. The molecule has 0 amide bonds. The van der Waals surface area contributed by atoms with Gasteiger partial charge in [0.15, 0.2) is 0 Å². The van der Waals surface area contributed by atoms with Gasteiger partial charge < -0.3 is 15.6 Å². The average molecular weight is 378 g/mol. The molecule has 1 heterocycles. The Morgan fingerprint density at radius 2 is 1.93 bits per heavy atom. The Balaban J connectivity index is 1.80. The van der Waals surface area contributed by atoms with Crippen LogP contribution in [0.2, 0.25) is 0 Å². The molecule has 0 aliphatic heterocycles. The molecule has 3 nitrogen and oxygen atoms in total. The number of aromatic nitrogens is 1. The van der Waals surface area contributed by atoms with Crippen molar-refractivity contribution in [3.63, 3.8) is 0 Å². The Morgan fingerprint density at radius 3 is 2.64 bits per heavy atom. The van der Waals surface area contributed by atoms with E-state index in [0.29, 0.717) is 0 Å². The van der Waals surface area contributed by atoms with Gasteiger partial charge in [0.05, 0.1) is 0 Å². The molecular formula is C24H28FN3. The van der Waals surface area contributed by atoms with E-state index < -0.39 is 0 Å². The second kappa shape index (κ2) is 9.38. The number of hydrogen-bond acceptors (Lipinski definition) is 2. The van der Waals surface area contributed by atoms with E-state index in [4.69, 9.17) is 0 Å². The van der Waals surface area contributed by atoms with Crippen molar-refractivity contribution in [3.8, 4) is 11.3 Å². The van der Waals surface area contributed by atoms with E-state index in [2.05, 4.69) is 40.9 Å². The average Bonchev–Trinajstić information content (AvgIpc) is 3.08. The number of hydrogen-bond donors (Lipinski definition) is 3. The zero-order valence-corrected chi connectivity index (χ0v) is 16.4. The van der Waals surface area contributed by atoms with E-state index in [0.717, 1.165) is 48.3 Å². The molecule has 1 unspecified atom stereocenters. The molecular weight excluding hydrogens is 349 g/mol. The van der Waals surface area contributed by atoms with E-state index in [1.54, 1.807) is 0 Å². The van der Waals surface area contributed by atoms with Gasteiger partial charge in [0, 0.05) is 28.3 Å². The molecule has 1 atom stereocenters. The third-order valence-corrected chi connectivity index (χ3v) is 5.00. The number of rotatable bonds is 10. The summed E-state index contributed by atoms with van der Waals surface area (Å²) < 4.78 is 13.4. The van der Waals surface area contributed by atoms with Gasteiger partial charge in [0.1, 0.15) is 5.82 Å². The van der Waals surface area contributed by atoms with E-state index in [1.807, 2.05) is 37.4 Å². The molecule has 0 aliphatic rings. The second-order valence-corrected chi connectivity index (χ2v) is 7.01. The van der Waals surface area contributed by atoms with Gasteiger partial charge in [-0.3, -0.25) is 0 Å². The Labute approximate surface area is 166 Å². The highest BCUT2D eigenvalue weighted by atomic mass is 19.1. The minimum Gasteiger partial charge on any atom is -0.383 e. The zero-order chi connectivity index (χ0) is 19.9. The molecule has 28 heavy (non-hydrogen) atoms. The molecule has 3 rings (SSSR count). The Kier molecular flexibility index (Phi) is 6.66. The summed E-state index contributed by atoms with van der Waals surface area (Å²) in [5.41, 5.74) is 5.36. The molecule has 0 aliphatic carbocycles. The number of aromatic amines is 1. The van der Waals surface area contributed by atoms with Crippen LogP contribution in [0.1, 0.15) is 18.4 Å². The van der Waals surface area contributed by atoms with Crippen molar-refractivity contribution in [2.45, 2.75) is 25.3 Å². The summed E-state index contributed by atoms with van der Waals surface area (Å²) in [5, 5.41) is 7.83. The number of para-hydroxylation sites is 1. The summed E-state index contributed by atoms with van der Waals surface area (Å²) in [6.07, 6.45) is 4.56. The number of aryl methyl sites for hydroxylation is 1. The predicted molar refractivity (Wildman–Crippen MR) is 117 cm³/mol. The molecule has 0 saturated carbocycles. The molecule has 4 heteroatoms. The number of fused-ring (bicyclic) bond motifs is 1. The topological polar surface area (TPSA) is 39.8 Å². The van der Waals surface area contributed by atoms with E-state index >= 15 is 0 Å². The zero-order valence-electron chi connectivity index (χ0n) is 16.4. The number of allylic oxidation sites excluding steroid dienone is 1. The predicted octanol–water partition coefficient (Wildman–Crippen LogP) is 5.17. The first kappa shape index (κ1) is 19.9. The maximum absolute atomic E-state index is 13.4. The highest BCUT2D eigenvalue weighted by Crippen LogP contribution is 2.31. The molecule has 0 spiro atoms. The lowest BCUT2D eigenvalue weighted by Crippen LogP contribution is -2.29. The molecule has 1 aromatic heterocycles. The van der Waals surface area contributed by atoms with Crippen LogP contribution in [0.4, 0.5) is 4.39 Å². The van der Waals surface area contributed by atoms with Crippen molar-refractivity contribution >= 4 is 10.9 Å². The standard InChI is InChI=1S/C24H28FN3/c1-4-20(15-16-26-3)27-17(2)9-14-22-21-7-5-6-8-23(21)28-24(22)18-10-12-19(25)13-11-18/h4-8,10-13,20,26-28H,1-2,9,14-16H2,3H3. The Bertz CT molecular complexity index is 940. The molecule has 3 N–H and O–H groups in total. The first-order valence-corrected chi connectivity index (χ1v) is 9.69. The maximum atomic E-state index is 13.4. The van der Waals surface area contributed by atoms with Crippen LogP contribution in [-0.4, -0.2) is 24.6 Å². The van der Waals surface area contributed by atoms with E-state index in [-0.39, 0.29) is 11.9 Å². The van der Waals surface area contributed by atoms with Crippen molar-refractivity contribution in [1.82, 2.24) is 15.6 Å². The van der Waals surface area contributed by atoms with Crippen LogP contribution in [0.15, 0.2) is 73.5 Å². The van der Waals surface area contributed by atoms with Crippen molar-refractivity contribution in [2.24, 2.45) is 0 Å². The van der Waals surface area contributed by atoms with Crippen LogP contribution in [0.3, 0.4) is 0 Å². The lowest BCUT2D eigenvalue weighted by molar-refractivity contribution is 0.580. The highest BCUT2D eigenvalue weighted by molar-refractivity contribution is 5.90. The fraction of sp³-hybridized carbons (Fsp3) is 0.250. The van der Waals surface area contributed by atoms with Crippen molar-refractivity contribution < 1.29 is 4.39 Å². The van der Waals surface area contributed by atoms with Gasteiger partial charge in [-0.2, -0.15) is 0 Å². The van der Waals surface area contributed by atoms with Crippen molar-refractivity contribution in [3.05, 3.63) is 84.8 Å². The first-order valence-electron chi connectivity index (χ1n) is 9.69. The molecule has 0 fully saturated rings. The quantitative estimate of drug-likeness (QED) is 0.426. The number of halogens is 1. The first-order chi connectivity index (χ1) is 13.6. The van der Waals surface area contributed by atoms with Crippen LogP contribution < -0.4 is 10.6 Å². The monoisotopic (exact) mass is 377 g/mol. The summed E-state index contributed by atoms with van der Waals surface area (Å²) in [5.74, 6) is -0.226. The largest absolute Gasteiger partial charge is 0.383 e. The maximum Gasteiger partial charge on any atom is 0.123 e. The van der Waals surface area contributed by atoms with Gasteiger partial charge in [-0.1, -0.05) is 30.9 Å². The lowest BCUT2D eigenvalue weighted by Gasteiger charge is -2.18. The summed E-state index contributed by atoms with van der Waals surface area (Å²) in [6, 6.07) is 15.1. The van der Waals surface area contributed by atoms with Gasteiger partial charge in [0.25, 0.3) is 0 Å². The van der Waals surface area contributed by atoms with Crippen LogP contribution in [0, 0.1) is 5.82 Å². The minimum atomic E-state index is -0.226. The SMILES string of the molecule is C=CC(CCNC)NC(=C)CCc1c(-c2ccc(F)cc2)[nH]c2ccccc12. The van der Waals surface area contributed by atoms with Gasteiger partial charge >= 0.3 is 0 Å². The fourth-order valence-corrected chi connectivity index (χ4v) is 3.48. The molecule has 3 aromatic rings. The summed E-state index contributed by atoms with van der Waals surface area (Å²) in [6.45, 7) is 9.04. The summed E-state index contributed by atoms with van der Waals surface area (Å²) >= 11 is 0. The minimum absolute atomic E-state index is 0.208. The Morgan fingerprint density at radius 1 is 1.18 bits per heavy atom. The normalized spacial score (nSPS) is 12.1. The van der Waals surface area contributed by atoms with Crippen LogP contribution in [-0.2, 0) is 6.42 Å². The van der Waals surface area contributed by atoms with Crippen LogP contribution >= 0.6 is 0 Å². The van der Waals surface area contributed by atoms with Gasteiger partial charge in [-0.25, -0.2) is 4.39 Å².